The van der Waals surface area contributed by atoms with Crippen LogP contribution in [-0.2, 0) is 4.79 Å². The zero-order valence-corrected chi connectivity index (χ0v) is 11.8. The van der Waals surface area contributed by atoms with Crippen molar-refractivity contribution in [2.24, 2.45) is 11.1 Å². The molecule has 4 heteroatoms. The molecule has 17 heavy (non-hydrogen) atoms. The van der Waals surface area contributed by atoms with Gasteiger partial charge < -0.3 is 11.1 Å². The largest absolute Gasteiger partial charge is 0.353 e. The second kappa shape index (κ2) is 5.36. The average Bonchev–Trinajstić information content (AvgIpc) is 3.05. The summed E-state index contributed by atoms with van der Waals surface area (Å²) in [6.07, 6.45) is 2.58. The van der Waals surface area contributed by atoms with E-state index in [1.54, 1.807) is 0 Å². The van der Waals surface area contributed by atoms with E-state index in [2.05, 4.69) is 24.2 Å². The first-order valence-electron chi connectivity index (χ1n) is 6.48. The molecule has 1 rings (SSSR count). The van der Waals surface area contributed by atoms with Gasteiger partial charge in [-0.15, -0.1) is 0 Å². The number of amides is 1. The minimum atomic E-state index is -0.444. The third kappa shape index (κ3) is 4.28. The van der Waals surface area contributed by atoms with Gasteiger partial charge in [0.1, 0.15) is 0 Å². The van der Waals surface area contributed by atoms with E-state index in [0.717, 1.165) is 6.04 Å². The molecule has 1 amide bonds. The zero-order valence-electron chi connectivity index (χ0n) is 11.8. The highest BCUT2D eigenvalue weighted by Crippen LogP contribution is 2.26. The number of carbonyl (C=O) groups is 1. The summed E-state index contributed by atoms with van der Waals surface area (Å²) in [5, 5.41) is 2.95. The molecule has 2 atom stereocenters. The van der Waals surface area contributed by atoms with Crippen LogP contribution in [0.2, 0.25) is 0 Å². The number of carbonyl (C=O) groups excluding carboxylic acids is 1. The molecule has 100 valence electrons. The van der Waals surface area contributed by atoms with E-state index < -0.39 is 6.04 Å². The Hall–Kier alpha value is -0.610. The fourth-order valence-corrected chi connectivity index (χ4v) is 1.74. The molecule has 1 aliphatic rings. The smallest absolute Gasteiger partial charge is 0.237 e. The van der Waals surface area contributed by atoms with Crippen molar-refractivity contribution >= 4 is 5.91 Å². The van der Waals surface area contributed by atoms with Gasteiger partial charge in [0, 0.05) is 18.6 Å². The number of nitrogens with zero attached hydrogens (tertiary/aromatic N) is 1. The standard InChI is InChI=1S/C13H27N3O/c1-9(16(5)10-6-7-10)8-15-12(17)11(14)13(2,3)4/h9-11H,6-8,14H2,1-5H3,(H,15,17)/t9?,11-/m0/s1. The van der Waals surface area contributed by atoms with Gasteiger partial charge in [-0.05, 0) is 32.2 Å². The van der Waals surface area contributed by atoms with Crippen LogP contribution in [0.4, 0.5) is 0 Å². The predicted octanol–water partition coefficient (Wildman–Crippen LogP) is 0.959. The first-order valence-corrected chi connectivity index (χ1v) is 6.48. The molecule has 1 aliphatic carbocycles. The highest BCUT2D eigenvalue weighted by molar-refractivity contribution is 5.82. The van der Waals surface area contributed by atoms with Crippen LogP contribution in [-0.4, -0.2) is 42.5 Å². The Morgan fingerprint density at radius 1 is 1.47 bits per heavy atom. The molecule has 1 fully saturated rings. The van der Waals surface area contributed by atoms with Gasteiger partial charge in [-0.3, -0.25) is 9.69 Å². The number of nitrogens with one attached hydrogen (secondary N) is 1. The van der Waals surface area contributed by atoms with E-state index in [-0.39, 0.29) is 11.3 Å². The van der Waals surface area contributed by atoms with Crippen LogP contribution in [0.15, 0.2) is 0 Å². The molecule has 1 saturated carbocycles. The maximum atomic E-state index is 11.8. The SMILES string of the molecule is CC(CNC(=O)[C@H](N)C(C)(C)C)N(C)C1CC1. The summed E-state index contributed by atoms with van der Waals surface area (Å²) in [5.41, 5.74) is 5.72. The Labute approximate surface area is 105 Å². The number of rotatable bonds is 5. The van der Waals surface area contributed by atoms with E-state index in [4.69, 9.17) is 5.73 Å². The van der Waals surface area contributed by atoms with E-state index in [1.165, 1.54) is 12.8 Å². The van der Waals surface area contributed by atoms with Crippen molar-refractivity contribution in [3.05, 3.63) is 0 Å². The van der Waals surface area contributed by atoms with Gasteiger partial charge in [0.05, 0.1) is 6.04 Å². The Bertz CT molecular complexity index is 268. The summed E-state index contributed by atoms with van der Waals surface area (Å²) in [5.74, 6) is -0.0476. The monoisotopic (exact) mass is 241 g/mol. The summed E-state index contributed by atoms with van der Waals surface area (Å²) in [4.78, 5) is 14.2. The maximum absolute atomic E-state index is 11.8. The molecule has 0 aromatic heterocycles. The first-order chi connectivity index (χ1) is 7.73. The van der Waals surface area contributed by atoms with Gasteiger partial charge in [-0.25, -0.2) is 0 Å². The van der Waals surface area contributed by atoms with Crippen LogP contribution in [0.3, 0.4) is 0 Å². The molecule has 0 radical (unpaired) electrons. The van der Waals surface area contributed by atoms with Gasteiger partial charge in [-0.1, -0.05) is 20.8 Å². The third-order valence-corrected chi connectivity index (χ3v) is 3.61. The number of hydrogen-bond donors (Lipinski definition) is 2. The van der Waals surface area contributed by atoms with Crippen LogP contribution in [0, 0.1) is 5.41 Å². The summed E-state index contributed by atoms with van der Waals surface area (Å²) >= 11 is 0. The van der Waals surface area contributed by atoms with Crippen LogP contribution in [0.5, 0.6) is 0 Å². The second-order valence-corrected chi connectivity index (χ2v) is 6.33. The highest BCUT2D eigenvalue weighted by atomic mass is 16.2. The van der Waals surface area contributed by atoms with Crippen LogP contribution < -0.4 is 11.1 Å². The number of nitrogens with two attached hydrogens (primary N) is 1. The summed E-state index contributed by atoms with van der Waals surface area (Å²) in [7, 11) is 2.12. The molecule has 0 saturated heterocycles. The van der Waals surface area contributed by atoms with Gasteiger partial charge in [-0.2, -0.15) is 0 Å². The van der Waals surface area contributed by atoms with Gasteiger partial charge >= 0.3 is 0 Å². The minimum Gasteiger partial charge on any atom is -0.353 e. The molecule has 1 unspecified atom stereocenters. The quantitative estimate of drug-likeness (QED) is 0.754. The van der Waals surface area contributed by atoms with Crippen molar-refractivity contribution in [2.75, 3.05) is 13.6 Å². The lowest BCUT2D eigenvalue weighted by molar-refractivity contribution is -0.124. The Morgan fingerprint density at radius 3 is 2.41 bits per heavy atom. The minimum absolute atomic E-state index is 0.0476. The lowest BCUT2D eigenvalue weighted by Gasteiger charge is -2.28. The van der Waals surface area contributed by atoms with Crippen molar-refractivity contribution in [3.63, 3.8) is 0 Å². The van der Waals surface area contributed by atoms with Crippen molar-refractivity contribution < 1.29 is 4.79 Å². The van der Waals surface area contributed by atoms with Gasteiger partial charge in [0.2, 0.25) is 5.91 Å². The third-order valence-electron chi connectivity index (χ3n) is 3.61. The van der Waals surface area contributed by atoms with Crippen molar-refractivity contribution in [3.8, 4) is 0 Å². The summed E-state index contributed by atoms with van der Waals surface area (Å²) in [6.45, 7) is 8.77. The Kier molecular flexibility index (Phi) is 4.55. The van der Waals surface area contributed by atoms with E-state index in [1.807, 2.05) is 20.8 Å². The van der Waals surface area contributed by atoms with E-state index in [9.17, 15) is 4.79 Å². The highest BCUT2D eigenvalue weighted by Gasteiger charge is 2.30. The fraction of sp³-hybridized carbons (Fsp3) is 0.923. The summed E-state index contributed by atoms with van der Waals surface area (Å²) < 4.78 is 0. The molecule has 0 bridgehead atoms. The molecular formula is C13H27N3O. The van der Waals surface area contributed by atoms with Gasteiger partial charge in [0.15, 0.2) is 0 Å². The average molecular weight is 241 g/mol. The van der Waals surface area contributed by atoms with Crippen molar-refractivity contribution in [1.29, 1.82) is 0 Å². The molecule has 0 heterocycles. The van der Waals surface area contributed by atoms with E-state index in [0.29, 0.717) is 12.6 Å². The Balaban J connectivity index is 2.32. The van der Waals surface area contributed by atoms with Crippen LogP contribution in [0.1, 0.15) is 40.5 Å². The first kappa shape index (κ1) is 14.5. The zero-order chi connectivity index (χ0) is 13.2. The molecule has 0 aromatic rings. The normalized spacial score (nSPS) is 20.2. The summed E-state index contributed by atoms with van der Waals surface area (Å²) in [6, 6.07) is 0.651. The van der Waals surface area contributed by atoms with Crippen molar-refractivity contribution in [2.45, 2.75) is 58.7 Å². The predicted molar refractivity (Wildman–Crippen MR) is 70.7 cm³/mol. The number of likely N-dealkylation sites (N-methyl/N-ethyl adjacent to an activating group) is 1. The van der Waals surface area contributed by atoms with Gasteiger partial charge in [0.25, 0.3) is 0 Å². The van der Waals surface area contributed by atoms with E-state index >= 15 is 0 Å². The number of hydrogen-bond acceptors (Lipinski definition) is 3. The Morgan fingerprint density at radius 2 is 2.00 bits per heavy atom. The molecular weight excluding hydrogens is 214 g/mol. The van der Waals surface area contributed by atoms with Crippen LogP contribution >= 0.6 is 0 Å². The molecule has 3 N–H and O–H groups in total. The van der Waals surface area contributed by atoms with Crippen molar-refractivity contribution in [1.82, 2.24) is 10.2 Å². The lowest BCUT2D eigenvalue weighted by Crippen LogP contribution is -2.51. The topological polar surface area (TPSA) is 58.4 Å². The second-order valence-electron chi connectivity index (χ2n) is 6.33. The fourth-order valence-electron chi connectivity index (χ4n) is 1.74. The molecule has 0 spiro atoms. The molecule has 0 aromatic carbocycles. The molecule has 0 aliphatic heterocycles. The maximum Gasteiger partial charge on any atom is 0.237 e. The lowest BCUT2D eigenvalue weighted by atomic mass is 9.87. The van der Waals surface area contributed by atoms with Crippen LogP contribution in [0.25, 0.3) is 0 Å². The molecule has 4 nitrogen and oxygen atoms in total.